The molecule has 0 saturated heterocycles. The number of nitrogens with one attached hydrogen (secondary N) is 1. The first-order chi connectivity index (χ1) is 6.64. The molecule has 0 aromatic rings. The Morgan fingerprint density at radius 1 is 1.50 bits per heavy atom. The Labute approximate surface area is 86.2 Å². The number of likely N-dealkylation sites (N-methyl/N-ethyl adjacent to an activating group) is 1. The van der Waals surface area contributed by atoms with Crippen LogP contribution >= 0.6 is 0 Å². The molecule has 1 aliphatic carbocycles. The molecule has 0 unspecified atom stereocenters. The highest BCUT2D eigenvalue weighted by Gasteiger charge is 2.41. The summed E-state index contributed by atoms with van der Waals surface area (Å²) in [7, 11) is 1.47. The Kier molecular flexibility index (Phi) is 3.93. The van der Waals surface area contributed by atoms with Crippen LogP contribution in [0.5, 0.6) is 0 Å². The van der Waals surface area contributed by atoms with Gasteiger partial charge in [-0.05, 0) is 38.1 Å². The Morgan fingerprint density at radius 3 is 2.50 bits per heavy atom. The minimum atomic E-state index is -0.393. The maximum Gasteiger partial charge on any atom is 0.326 e. The third kappa shape index (κ3) is 2.27. The number of hydrogen-bond donors (Lipinski definition) is 1. The first kappa shape index (κ1) is 11.5. The first-order valence-electron chi connectivity index (χ1n) is 5.48. The van der Waals surface area contributed by atoms with Crippen molar-refractivity contribution in [3.63, 3.8) is 0 Å². The van der Waals surface area contributed by atoms with E-state index in [1.165, 1.54) is 7.11 Å². The van der Waals surface area contributed by atoms with Crippen molar-refractivity contribution in [2.75, 3.05) is 13.7 Å². The van der Waals surface area contributed by atoms with Crippen LogP contribution in [-0.2, 0) is 9.53 Å². The molecule has 1 N–H and O–H groups in total. The van der Waals surface area contributed by atoms with Crippen LogP contribution in [-0.4, -0.2) is 25.2 Å². The van der Waals surface area contributed by atoms with Crippen molar-refractivity contribution in [2.24, 2.45) is 5.92 Å². The summed E-state index contributed by atoms with van der Waals surface area (Å²) < 4.78 is 4.88. The average molecular weight is 199 g/mol. The molecule has 1 aliphatic rings. The molecule has 0 aliphatic heterocycles. The van der Waals surface area contributed by atoms with E-state index in [0.29, 0.717) is 0 Å². The smallest absolute Gasteiger partial charge is 0.326 e. The molecular weight excluding hydrogens is 178 g/mol. The maximum absolute atomic E-state index is 11.7. The second kappa shape index (κ2) is 4.78. The highest BCUT2D eigenvalue weighted by atomic mass is 16.5. The van der Waals surface area contributed by atoms with Crippen LogP contribution in [0.3, 0.4) is 0 Å². The lowest BCUT2D eigenvalue weighted by Crippen LogP contribution is -2.54. The Hall–Kier alpha value is -0.570. The topological polar surface area (TPSA) is 38.3 Å². The quantitative estimate of drug-likeness (QED) is 0.703. The predicted molar refractivity (Wildman–Crippen MR) is 56.1 cm³/mol. The number of methoxy groups -OCH3 is 1. The standard InChI is InChI=1S/C11H21NO2/c1-4-12-11(10(13)14-3)7-5-9(2)6-8-11/h9,12H,4-8H2,1-3H3. The van der Waals surface area contributed by atoms with E-state index in [4.69, 9.17) is 4.74 Å². The molecule has 1 fully saturated rings. The summed E-state index contributed by atoms with van der Waals surface area (Å²) in [6.07, 6.45) is 4.05. The zero-order valence-electron chi connectivity index (χ0n) is 9.43. The molecule has 0 atom stereocenters. The molecule has 3 nitrogen and oxygen atoms in total. The SMILES string of the molecule is CCNC1(C(=O)OC)CCC(C)CC1. The van der Waals surface area contributed by atoms with Gasteiger partial charge < -0.3 is 10.1 Å². The van der Waals surface area contributed by atoms with Crippen molar-refractivity contribution in [1.29, 1.82) is 0 Å². The Bertz CT molecular complexity index is 195. The average Bonchev–Trinajstić information content (AvgIpc) is 2.21. The van der Waals surface area contributed by atoms with E-state index in [2.05, 4.69) is 12.2 Å². The van der Waals surface area contributed by atoms with Gasteiger partial charge in [0.25, 0.3) is 0 Å². The molecule has 1 saturated carbocycles. The van der Waals surface area contributed by atoms with Crippen molar-refractivity contribution in [3.05, 3.63) is 0 Å². The Morgan fingerprint density at radius 2 is 2.07 bits per heavy atom. The van der Waals surface area contributed by atoms with E-state index in [-0.39, 0.29) is 5.97 Å². The third-order valence-electron chi connectivity index (χ3n) is 3.22. The summed E-state index contributed by atoms with van der Waals surface area (Å²) in [5.74, 6) is 0.651. The van der Waals surface area contributed by atoms with Gasteiger partial charge in [0, 0.05) is 0 Å². The number of ether oxygens (including phenoxy) is 1. The zero-order chi connectivity index (χ0) is 10.6. The van der Waals surface area contributed by atoms with Crippen molar-refractivity contribution >= 4 is 5.97 Å². The van der Waals surface area contributed by atoms with Crippen LogP contribution in [0.1, 0.15) is 39.5 Å². The number of hydrogen-bond acceptors (Lipinski definition) is 3. The highest BCUT2D eigenvalue weighted by molar-refractivity contribution is 5.80. The summed E-state index contributed by atoms with van der Waals surface area (Å²) in [6, 6.07) is 0. The van der Waals surface area contributed by atoms with E-state index in [1.54, 1.807) is 0 Å². The van der Waals surface area contributed by atoms with Crippen molar-refractivity contribution in [3.8, 4) is 0 Å². The lowest BCUT2D eigenvalue weighted by Gasteiger charge is -2.37. The fourth-order valence-electron chi connectivity index (χ4n) is 2.24. The number of carbonyl (C=O) groups is 1. The minimum absolute atomic E-state index is 0.0914. The van der Waals surface area contributed by atoms with Gasteiger partial charge in [0.15, 0.2) is 0 Å². The largest absolute Gasteiger partial charge is 0.468 e. The number of carbonyl (C=O) groups excluding carboxylic acids is 1. The predicted octanol–water partition coefficient (Wildman–Crippen LogP) is 1.72. The van der Waals surface area contributed by atoms with Crippen molar-refractivity contribution in [1.82, 2.24) is 5.32 Å². The van der Waals surface area contributed by atoms with Gasteiger partial charge >= 0.3 is 5.97 Å². The summed E-state index contributed by atoms with van der Waals surface area (Å²) in [5.41, 5.74) is -0.393. The van der Waals surface area contributed by atoms with Crippen LogP contribution < -0.4 is 5.32 Å². The molecular formula is C11H21NO2. The molecule has 0 radical (unpaired) electrons. The van der Waals surface area contributed by atoms with Gasteiger partial charge in [-0.15, -0.1) is 0 Å². The summed E-state index contributed by atoms with van der Waals surface area (Å²) >= 11 is 0. The van der Waals surface area contributed by atoms with Gasteiger partial charge in [0.05, 0.1) is 7.11 Å². The summed E-state index contributed by atoms with van der Waals surface area (Å²) in [6.45, 7) is 5.10. The van der Waals surface area contributed by atoms with Gasteiger partial charge in [0.2, 0.25) is 0 Å². The molecule has 0 aromatic carbocycles. The molecule has 1 rings (SSSR count). The maximum atomic E-state index is 11.7. The molecule has 82 valence electrons. The van der Waals surface area contributed by atoms with Gasteiger partial charge in [-0.3, -0.25) is 4.79 Å². The van der Waals surface area contributed by atoms with E-state index < -0.39 is 5.54 Å². The lowest BCUT2D eigenvalue weighted by atomic mass is 9.77. The van der Waals surface area contributed by atoms with Crippen LogP contribution in [0, 0.1) is 5.92 Å². The van der Waals surface area contributed by atoms with Crippen LogP contribution in [0.4, 0.5) is 0 Å². The molecule has 0 spiro atoms. The fourth-order valence-corrected chi connectivity index (χ4v) is 2.24. The minimum Gasteiger partial charge on any atom is -0.468 e. The zero-order valence-corrected chi connectivity index (χ0v) is 9.43. The van der Waals surface area contributed by atoms with E-state index in [1.807, 2.05) is 6.92 Å². The molecule has 0 bridgehead atoms. The van der Waals surface area contributed by atoms with E-state index >= 15 is 0 Å². The van der Waals surface area contributed by atoms with Gasteiger partial charge in [-0.2, -0.15) is 0 Å². The Balaban J connectivity index is 2.67. The summed E-state index contributed by atoms with van der Waals surface area (Å²) in [4.78, 5) is 11.7. The van der Waals surface area contributed by atoms with Gasteiger partial charge in [-0.25, -0.2) is 0 Å². The molecule has 0 aromatic heterocycles. The van der Waals surface area contributed by atoms with Crippen LogP contribution in [0.25, 0.3) is 0 Å². The monoisotopic (exact) mass is 199 g/mol. The first-order valence-corrected chi connectivity index (χ1v) is 5.48. The van der Waals surface area contributed by atoms with Crippen molar-refractivity contribution in [2.45, 2.75) is 45.1 Å². The number of rotatable bonds is 3. The second-order valence-electron chi connectivity index (χ2n) is 4.29. The normalized spacial score (nSPS) is 32.6. The lowest BCUT2D eigenvalue weighted by molar-refractivity contribution is -0.150. The third-order valence-corrected chi connectivity index (χ3v) is 3.22. The van der Waals surface area contributed by atoms with Gasteiger partial charge in [0.1, 0.15) is 5.54 Å². The van der Waals surface area contributed by atoms with Crippen LogP contribution in [0.15, 0.2) is 0 Å². The molecule has 0 heterocycles. The second-order valence-corrected chi connectivity index (χ2v) is 4.29. The van der Waals surface area contributed by atoms with E-state index in [9.17, 15) is 4.79 Å². The molecule has 0 amide bonds. The van der Waals surface area contributed by atoms with Gasteiger partial charge in [-0.1, -0.05) is 13.8 Å². The highest BCUT2D eigenvalue weighted by Crippen LogP contribution is 2.32. The van der Waals surface area contributed by atoms with Crippen LogP contribution in [0.2, 0.25) is 0 Å². The molecule has 14 heavy (non-hydrogen) atoms. The van der Waals surface area contributed by atoms with E-state index in [0.717, 1.165) is 38.1 Å². The number of esters is 1. The van der Waals surface area contributed by atoms with Crippen molar-refractivity contribution < 1.29 is 9.53 Å². The molecule has 3 heteroatoms. The summed E-state index contributed by atoms with van der Waals surface area (Å²) in [5, 5.41) is 3.29. The fraction of sp³-hybridized carbons (Fsp3) is 0.909.